The van der Waals surface area contributed by atoms with Crippen LogP contribution >= 0.6 is 23.2 Å². The van der Waals surface area contributed by atoms with Crippen molar-refractivity contribution in [1.82, 2.24) is 0 Å². The first-order valence-corrected chi connectivity index (χ1v) is 5.27. The maximum Gasteiger partial charge on any atom is 0.156 e. The molecule has 0 heterocycles. The highest BCUT2D eigenvalue weighted by Crippen LogP contribution is 2.35. The summed E-state index contributed by atoms with van der Waals surface area (Å²) >= 11 is 11.9. The largest absolute Gasteiger partial charge is 0.490 e. The normalized spacial score (nSPS) is 10.3. The maximum atomic E-state index is 5.93. The molecule has 0 unspecified atom stereocenters. The molecule has 0 aliphatic rings. The number of halogens is 2. The van der Waals surface area contributed by atoms with Gasteiger partial charge >= 0.3 is 0 Å². The molecular formula is C10H13Cl2NO2. The van der Waals surface area contributed by atoms with Crippen molar-refractivity contribution in [1.29, 1.82) is 0 Å². The van der Waals surface area contributed by atoms with Crippen LogP contribution < -0.4 is 10.5 Å². The molecule has 0 amide bonds. The van der Waals surface area contributed by atoms with E-state index < -0.39 is 0 Å². The lowest BCUT2D eigenvalue weighted by Crippen LogP contribution is -2.02. The molecule has 0 aliphatic carbocycles. The van der Waals surface area contributed by atoms with Crippen molar-refractivity contribution < 1.29 is 9.47 Å². The van der Waals surface area contributed by atoms with Crippen LogP contribution in [0.2, 0.25) is 10.0 Å². The smallest absolute Gasteiger partial charge is 0.156 e. The van der Waals surface area contributed by atoms with Crippen LogP contribution in [0.1, 0.15) is 6.42 Å². The Morgan fingerprint density at radius 1 is 1.20 bits per heavy atom. The Bertz CT molecular complexity index is 308. The average Bonchev–Trinajstić information content (AvgIpc) is 2.15. The third-order valence-electron chi connectivity index (χ3n) is 1.76. The Hall–Kier alpha value is -0.640. The van der Waals surface area contributed by atoms with E-state index in [0.717, 1.165) is 6.42 Å². The number of nitrogens with two attached hydrogens (primary N) is 1. The van der Waals surface area contributed by atoms with Gasteiger partial charge in [0.15, 0.2) is 5.75 Å². The number of methoxy groups -OCH3 is 1. The van der Waals surface area contributed by atoms with Crippen molar-refractivity contribution in [2.24, 2.45) is 0 Å². The summed E-state index contributed by atoms with van der Waals surface area (Å²) in [5.41, 5.74) is 6.08. The van der Waals surface area contributed by atoms with Gasteiger partial charge in [-0.3, -0.25) is 0 Å². The van der Waals surface area contributed by atoms with Gasteiger partial charge in [-0.15, -0.1) is 0 Å². The van der Waals surface area contributed by atoms with Gasteiger partial charge in [-0.25, -0.2) is 0 Å². The first-order valence-electron chi connectivity index (χ1n) is 4.51. The predicted molar refractivity (Wildman–Crippen MR) is 62.9 cm³/mol. The molecule has 5 heteroatoms. The number of rotatable bonds is 5. The zero-order chi connectivity index (χ0) is 11.3. The van der Waals surface area contributed by atoms with Gasteiger partial charge in [-0.2, -0.15) is 0 Å². The highest BCUT2D eigenvalue weighted by atomic mass is 35.5. The summed E-state index contributed by atoms with van der Waals surface area (Å²) in [4.78, 5) is 0. The molecule has 2 N–H and O–H groups in total. The Morgan fingerprint density at radius 2 is 1.80 bits per heavy atom. The number of hydrogen-bond acceptors (Lipinski definition) is 3. The van der Waals surface area contributed by atoms with E-state index in [4.69, 9.17) is 38.4 Å². The quantitative estimate of drug-likeness (QED) is 0.645. The van der Waals surface area contributed by atoms with E-state index in [0.29, 0.717) is 34.7 Å². The van der Waals surface area contributed by atoms with Gasteiger partial charge < -0.3 is 15.2 Å². The Morgan fingerprint density at radius 3 is 2.33 bits per heavy atom. The molecule has 0 aliphatic heterocycles. The van der Waals surface area contributed by atoms with Crippen molar-refractivity contribution in [2.45, 2.75) is 6.42 Å². The van der Waals surface area contributed by atoms with Crippen LogP contribution in [-0.2, 0) is 4.74 Å². The van der Waals surface area contributed by atoms with Gasteiger partial charge in [-0.05, 0) is 12.1 Å². The van der Waals surface area contributed by atoms with Crippen LogP contribution in [0.4, 0.5) is 5.69 Å². The van der Waals surface area contributed by atoms with E-state index in [1.807, 2.05) is 0 Å². The fourth-order valence-electron chi connectivity index (χ4n) is 1.09. The third-order valence-corrected chi connectivity index (χ3v) is 2.32. The number of anilines is 1. The molecule has 0 fully saturated rings. The van der Waals surface area contributed by atoms with Crippen molar-refractivity contribution in [3.05, 3.63) is 22.2 Å². The van der Waals surface area contributed by atoms with Crippen molar-refractivity contribution in [3.63, 3.8) is 0 Å². The second kappa shape index (κ2) is 6.05. The molecule has 0 spiro atoms. The lowest BCUT2D eigenvalue weighted by Gasteiger charge is -2.10. The van der Waals surface area contributed by atoms with Crippen LogP contribution in [0.3, 0.4) is 0 Å². The number of nitrogen functional groups attached to an aromatic ring is 1. The van der Waals surface area contributed by atoms with Crippen molar-refractivity contribution >= 4 is 28.9 Å². The second-order valence-corrected chi connectivity index (χ2v) is 3.82. The fourth-order valence-corrected chi connectivity index (χ4v) is 1.71. The van der Waals surface area contributed by atoms with E-state index >= 15 is 0 Å². The van der Waals surface area contributed by atoms with E-state index in [1.165, 1.54) is 0 Å². The first kappa shape index (κ1) is 12.4. The highest BCUT2D eigenvalue weighted by Gasteiger charge is 2.08. The standard InChI is InChI=1S/C10H13Cl2NO2/c1-14-3-2-4-15-10-8(11)5-7(13)6-9(10)12/h5-6H,2-4,13H2,1H3. The molecule has 0 saturated heterocycles. The van der Waals surface area contributed by atoms with Crippen molar-refractivity contribution in [3.8, 4) is 5.75 Å². The molecule has 0 radical (unpaired) electrons. The van der Waals surface area contributed by atoms with Gasteiger partial charge in [0.25, 0.3) is 0 Å². The molecule has 3 nitrogen and oxygen atoms in total. The molecular weight excluding hydrogens is 237 g/mol. The Labute approximate surface area is 99.1 Å². The molecule has 0 saturated carbocycles. The summed E-state index contributed by atoms with van der Waals surface area (Å²) < 4.78 is 10.3. The van der Waals surface area contributed by atoms with Gasteiger partial charge in [-0.1, -0.05) is 23.2 Å². The molecule has 0 bridgehead atoms. The average molecular weight is 250 g/mol. The van der Waals surface area contributed by atoms with Crippen LogP contribution in [-0.4, -0.2) is 20.3 Å². The predicted octanol–water partition coefficient (Wildman–Crippen LogP) is 2.99. The summed E-state index contributed by atoms with van der Waals surface area (Å²) in [6.45, 7) is 1.15. The molecule has 84 valence electrons. The maximum absolute atomic E-state index is 5.93. The second-order valence-electron chi connectivity index (χ2n) is 3.01. The first-order chi connectivity index (χ1) is 7.15. The van der Waals surface area contributed by atoms with E-state index in [2.05, 4.69) is 0 Å². The molecule has 1 aromatic rings. The zero-order valence-corrected chi connectivity index (χ0v) is 9.94. The lowest BCUT2D eigenvalue weighted by atomic mass is 10.3. The van der Waals surface area contributed by atoms with Crippen LogP contribution in [0.5, 0.6) is 5.75 Å². The number of hydrogen-bond donors (Lipinski definition) is 1. The molecule has 1 aromatic carbocycles. The summed E-state index contributed by atoms with van der Waals surface area (Å²) in [5, 5.41) is 0.856. The number of ether oxygens (including phenoxy) is 2. The van der Waals surface area contributed by atoms with Gasteiger partial charge in [0.2, 0.25) is 0 Å². The van der Waals surface area contributed by atoms with Gasteiger partial charge in [0, 0.05) is 25.8 Å². The van der Waals surface area contributed by atoms with Crippen molar-refractivity contribution in [2.75, 3.05) is 26.1 Å². The van der Waals surface area contributed by atoms with Gasteiger partial charge in [0.1, 0.15) is 0 Å². The Balaban J connectivity index is 2.60. The summed E-state index contributed by atoms with van der Waals surface area (Å²) in [5.74, 6) is 0.476. The summed E-state index contributed by atoms with van der Waals surface area (Å²) in [6, 6.07) is 3.22. The Kier molecular flexibility index (Phi) is 5.02. The molecule has 15 heavy (non-hydrogen) atoms. The van der Waals surface area contributed by atoms with E-state index in [1.54, 1.807) is 19.2 Å². The molecule has 0 aromatic heterocycles. The minimum Gasteiger partial charge on any atom is -0.490 e. The van der Waals surface area contributed by atoms with E-state index in [-0.39, 0.29) is 0 Å². The monoisotopic (exact) mass is 249 g/mol. The minimum absolute atomic E-state index is 0.428. The lowest BCUT2D eigenvalue weighted by molar-refractivity contribution is 0.172. The fraction of sp³-hybridized carbons (Fsp3) is 0.400. The number of benzene rings is 1. The van der Waals surface area contributed by atoms with Gasteiger partial charge in [0.05, 0.1) is 16.7 Å². The highest BCUT2D eigenvalue weighted by molar-refractivity contribution is 6.37. The minimum atomic E-state index is 0.428. The van der Waals surface area contributed by atoms with E-state index in [9.17, 15) is 0 Å². The molecule has 0 atom stereocenters. The van der Waals surface area contributed by atoms with Crippen LogP contribution in [0, 0.1) is 0 Å². The summed E-state index contributed by atoms with van der Waals surface area (Å²) in [6.07, 6.45) is 0.785. The topological polar surface area (TPSA) is 44.5 Å². The third kappa shape index (κ3) is 3.78. The van der Waals surface area contributed by atoms with Crippen LogP contribution in [0.25, 0.3) is 0 Å². The molecule has 1 rings (SSSR count). The summed E-state index contributed by atoms with van der Waals surface area (Å²) in [7, 11) is 1.64. The SMILES string of the molecule is COCCCOc1c(Cl)cc(N)cc1Cl. The van der Waals surface area contributed by atoms with Crippen LogP contribution in [0.15, 0.2) is 12.1 Å². The zero-order valence-electron chi connectivity index (χ0n) is 8.43.